The predicted molar refractivity (Wildman–Crippen MR) is 114 cm³/mol. The lowest BCUT2D eigenvalue weighted by molar-refractivity contribution is -0.131. The largest absolute Gasteiger partial charge is 0.382 e. The molecule has 8 heteroatoms. The fourth-order valence-electron chi connectivity index (χ4n) is 2.08. The SMILES string of the molecule is CCC(C)Sc1cccc(C(=O)NNC(=O)C(O)[C@H](N)CCSC(C)C)c1. The number of thioether (sulfide) groups is 2. The molecule has 1 aromatic carbocycles. The second-order valence-corrected chi connectivity index (χ2v) is 9.82. The van der Waals surface area contributed by atoms with Gasteiger partial charge in [-0.2, -0.15) is 11.8 Å². The van der Waals surface area contributed by atoms with Gasteiger partial charge in [0.1, 0.15) is 6.10 Å². The Balaban J connectivity index is 2.51. The van der Waals surface area contributed by atoms with Crippen LogP contribution in [0.4, 0.5) is 0 Å². The summed E-state index contributed by atoms with van der Waals surface area (Å²) in [4.78, 5) is 25.2. The minimum Gasteiger partial charge on any atom is -0.382 e. The van der Waals surface area contributed by atoms with Crippen molar-refractivity contribution in [2.75, 3.05) is 5.75 Å². The molecule has 6 nitrogen and oxygen atoms in total. The van der Waals surface area contributed by atoms with E-state index < -0.39 is 24.0 Å². The summed E-state index contributed by atoms with van der Waals surface area (Å²) in [5, 5.41) is 10.9. The Morgan fingerprint density at radius 2 is 1.93 bits per heavy atom. The number of nitrogens with two attached hydrogens (primary N) is 1. The van der Waals surface area contributed by atoms with Gasteiger partial charge in [-0.05, 0) is 42.0 Å². The third-order valence-corrected chi connectivity index (χ3v) is 6.28. The molecule has 0 heterocycles. The molecule has 0 saturated carbocycles. The number of amides is 2. The molecule has 3 atom stereocenters. The topological polar surface area (TPSA) is 104 Å². The van der Waals surface area contributed by atoms with Gasteiger partial charge in [-0.1, -0.05) is 33.8 Å². The van der Waals surface area contributed by atoms with E-state index in [0.717, 1.165) is 17.1 Å². The number of hydrogen-bond donors (Lipinski definition) is 4. The van der Waals surface area contributed by atoms with Crippen molar-refractivity contribution in [3.63, 3.8) is 0 Å². The van der Waals surface area contributed by atoms with Gasteiger partial charge in [0.25, 0.3) is 11.8 Å². The molecule has 1 aromatic rings. The molecule has 0 radical (unpaired) electrons. The second kappa shape index (κ2) is 12.3. The van der Waals surface area contributed by atoms with E-state index in [1.54, 1.807) is 41.7 Å². The first-order chi connectivity index (χ1) is 12.7. The summed E-state index contributed by atoms with van der Waals surface area (Å²) in [5.41, 5.74) is 10.9. The van der Waals surface area contributed by atoms with Gasteiger partial charge in [0.2, 0.25) is 0 Å². The van der Waals surface area contributed by atoms with E-state index in [0.29, 0.717) is 22.5 Å². The average molecular weight is 414 g/mol. The highest BCUT2D eigenvalue weighted by Crippen LogP contribution is 2.25. The van der Waals surface area contributed by atoms with Gasteiger partial charge >= 0.3 is 0 Å². The minimum atomic E-state index is -1.37. The summed E-state index contributed by atoms with van der Waals surface area (Å²) in [6.07, 6.45) is 0.177. The van der Waals surface area contributed by atoms with Crippen LogP contribution in [0.25, 0.3) is 0 Å². The van der Waals surface area contributed by atoms with Crippen LogP contribution in [-0.4, -0.2) is 45.3 Å². The monoisotopic (exact) mass is 413 g/mol. The van der Waals surface area contributed by atoms with Gasteiger partial charge in [0, 0.05) is 21.8 Å². The van der Waals surface area contributed by atoms with Crippen molar-refractivity contribution in [3.05, 3.63) is 29.8 Å². The molecule has 27 heavy (non-hydrogen) atoms. The summed E-state index contributed by atoms with van der Waals surface area (Å²) in [6, 6.07) is 6.53. The summed E-state index contributed by atoms with van der Waals surface area (Å²) in [6.45, 7) is 8.39. The van der Waals surface area contributed by atoms with Crippen molar-refractivity contribution in [2.45, 2.75) is 68.1 Å². The van der Waals surface area contributed by atoms with E-state index in [1.165, 1.54) is 0 Å². The first-order valence-electron chi connectivity index (χ1n) is 9.16. The Bertz CT molecular complexity index is 614. The highest BCUT2D eigenvalue weighted by Gasteiger charge is 2.23. The minimum absolute atomic E-state index is 0.439. The lowest BCUT2D eigenvalue weighted by Crippen LogP contribution is -2.52. The van der Waals surface area contributed by atoms with Crippen molar-refractivity contribution in [1.82, 2.24) is 10.9 Å². The number of benzene rings is 1. The molecule has 0 aromatic heterocycles. The fourth-order valence-corrected chi connectivity index (χ4v) is 3.95. The molecule has 0 aliphatic carbocycles. The van der Waals surface area contributed by atoms with Crippen LogP contribution in [0.2, 0.25) is 0 Å². The van der Waals surface area contributed by atoms with E-state index in [4.69, 9.17) is 5.73 Å². The molecule has 152 valence electrons. The van der Waals surface area contributed by atoms with Crippen molar-refractivity contribution in [3.8, 4) is 0 Å². The van der Waals surface area contributed by atoms with E-state index >= 15 is 0 Å². The van der Waals surface area contributed by atoms with Crippen molar-refractivity contribution in [1.29, 1.82) is 0 Å². The Morgan fingerprint density at radius 1 is 1.22 bits per heavy atom. The van der Waals surface area contributed by atoms with Gasteiger partial charge in [-0.3, -0.25) is 20.4 Å². The zero-order valence-electron chi connectivity index (χ0n) is 16.4. The van der Waals surface area contributed by atoms with Crippen LogP contribution in [0, 0.1) is 0 Å². The number of aliphatic hydroxyl groups excluding tert-OH is 1. The molecule has 2 unspecified atom stereocenters. The van der Waals surface area contributed by atoms with Crippen molar-refractivity contribution < 1.29 is 14.7 Å². The van der Waals surface area contributed by atoms with Gasteiger partial charge in [-0.15, -0.1) is 11.8 Å². The molecule has 0 aliphatic heterocycles. The molecule has 2 amide bonds. The number of carbonyl (C=O) groups is 2. The highest BCUT2D eigenvalue weighted by molar-refractivity contribution is 8.00. The van der Waals surface area contributed by atoms with Crippen molar-refractivity contribution >= 4 is 35.3 Å². The molecule has 0 fully saturated rings. The Hall–Kier alpha value is -1.22. The quantitative estimate of drug-likeness (QED) is 0.347. The number of carbonyl (C=O) groups excluding carboxylic acids is 2. The zero-order valence-corrected chi connectivity index (χ0v) is 18.0. The standard InChI is InChI=1S/C19H31N3O3S2/c1-5-13(4)27-15-8-6-7-14(11-15)18(24)21-22-19(25)17(23)16(20)9-10-26-12(2)3/h6-8,11-13,16-17,23H,5,9-10,20H2,1-4H3,(H,21,24)(H,22,25)/t13?,16-,17?/m1/s1. The third kappa shape index (κ3) is 9.01. The molecule has 0 bridgehead atoms. The number of aliphatic hydroxyl groups is 1. The number of nitrogens with one attached hydrogen (secondary N) is 2. The zero-order chi connectivity index (χ0) is 20.4. The molecular weight excluding hydrogens is 382 g/mol. The molecule has 0 saturated heterocycles. The Labute approximate surface area is 170 Å². The van der Waals surface area contributed by atoms with Gasteiger partial charge in [-0.25, -0.2) is 0 Å². The molecular formula is C19H31N3O3S2. The molecule has 5 N–H and O–H groups in total. The van der Waals surface area contributed by atoms with Crippen LogP contribution in [0.5, 0.6) is 0 Å². The Kier molecular flexibility index (Phi) is 10.8. The predicted octanol–water partition coefficient (Wildman–Crippen LogP) is 2.56. The molecule has 0 aliphatic rings. The highest BCUT2D eigenvalue weighted by atomic mass is 32.2. The van der Waals surface area contributed by atoms with Crippen molar-refractivity contribution in [2.24, 2.45) is 5.73 Å². The smallest absolute Gasteiger partial charge is 0.269 e. The second-order valence-electron chi connectivity index (χ2n) is 6.62. The maximum atomic E-state index is 12.2. The number of hydrazine groups is 1. The van der Waals surface area contributed by atoms with E-state index in [-0.39, 0.29) is 0 Å². The maximum Gasteiger partial charge on any atom is 0.269 e. The summed E-state index contributed by atoms with van der Waals surface area (Å²) in [7, 11) is 0. The first-order valence-corrected chi connectivity index (χ1v) is 11.1. The van der Waals surface area contributed by atoms with Gasteiger partial charge < -0.3 is 10.8 Å². The Morgan fingerprint density at radius 3 is 2.56 bits per heavy atom. The number of rotatable bonds is 10. The van der Waals surface area contributed by atoms with E-state index in [9.17, 15) is 14.7 Å². The van der Waals surface area contributed by atoms with Crippen LogP contribution < -0.4 is 16.6 Å². The van der Waals surface area contributed by atoms with E-state index in [1.807, 2.05) is 6.07 Å². The number of hydrogen-bond acceptors (Lipinski definition) is 6. The first kappa shape index (κ1) is 23.8. The third-order valence-electron chi connectivity index (χ3n) is 3.88. The molecule has 1 rings (SSSR count). The lowest BCUT2D eigenvalue weighted by atomic mass is 10.1. The van der Waals surface area contributed by atoms with E-state index in [2.05, 4.69) is 38.5 Å². The summed E-state index contributed by atoms with van der Waals surface area (Å²) < 4.78 is 0. The summed E-state index contributed by atoms with van der Waals surface area (Å²) in [5.74, 6) is -0.391. The normalized spacial score (nSPS) is 14.5. The van der Waals surface area contributed by atoms with Crippen LogP contribution in [0.1, 0.15) is 50.9 Å². The lowest BCUT2D eigenvalue weighted by Gasteiger charge is -2.19. The maximum absolute atomic E-state index is 12.2. The van der Waals surface area contributed by atoms with Crippen LogP contribution in [-0.2, 0) is 4.79 Å². The van der Waals surface area contributed by atoms with Gasteiger partial charge in [0.05, 0.1) is 0 Å². The average Bonchev–Trinajstić information content (AvgIpc) is 2.64. The van der Waals surface area contributed by atoms with Crippen LogP contribution in [0.3, 0.4) is 0 Å². The molecule has 0 spiro atoms. The fraction of sp³-hybridized carbons (Fsp3) is 0.579. The van der Waals surface area contributed by atoms with Crippen LogP contribution >= 0.6 is 23.5 Å². The van der Waals surface area contributed by atoms with Gasteiger partial charge in [0.15, 0.2) is 0 Å². The summed E-state index contributed by atoms with van der Waals surface area (Å²) >= 11 is 3.41. The van der Waals surface area contributed by atoms with Crippen LogP contribution in [0.15, 0.2) is 29.2 Å².